The van der Waals surface area contributed by atoms with Gasteiger partial charge in [-0.05, 0) is 82.1 Å². The van der Waals surface area contributed by atoms with Crippen molar-refractivity contribution in [2.45, 2.75) is 90.3 Å². The zero-order valence-electron chi connectivity index (χ0n) is 23.3. The van der Waals surface area contributed by atoms with E-state index < -0.39 is 0 Å². The second-order valence-electron chi connectivity index (χ2n) is 13.4. The van der Waals surface area contributed by atoms with Gasteiger partial charge in [0.2, 0.25) is 5.91 Å². The molecule has 2 saturated heterocycles. The Kier molecular flexibility index (Phi) is 7.41. The molecule has 5 rings (SSSR count). The number of rotatable bonds is 5. The molecule has 1 aromatic carbocycles. The minimum atomic E-state index is -0.0306. The summed E-state index contributed by atoms with van der Waals surface area (Å²) in [7, 11) is 0. The van der Waals surface area contributed by atoms with Crippen molar-refractivity contribution in [1.29, 1.82) is 0 Å². The van der Waals surface area contributed by atoms with Gasteiger partial charge in [0, 0.05) is 54.7 Å². The average molecular weight is 526 g/mol. The maximum absolute atomic E-state index is 14.1. The van der Waals surface area contributed by atoms with E-state index in [1.165, 1.54) is 36.9 Å². The van der Waals surface area contributed by atoms with Crippen LogP contribution in [0.15, 0.2) is 47.3 Å². The predicted molar refractivity (Wildman–Crippen MR) is 151 cm³/mol. The highest BCUT2D eigenvalue weighted by Gasteiger charge is 2.45. The van der Waals surface area contributed by atoms with Crippen LogP contribution in [0.4, 0.5) is 5.69 Å². The molecule has 1 aliphatic carbocycles. The number of hydrogen-bond donors (Lipinski definition) is 0. The minimum Gasteiger partial charge on any atom is -0.470 e. The molecule has 0 spiro atoms. The Morgan fingerprint density at radius 2 is 1.70 bits per heavy atom. The van der Waals surface area contributed by atoms with Gasteiger partial charge < -0.3 is 14.2 Å². The van der Waals surface area contributed by atoms with Crippen molar-refractivity contribution in [2.24, 2.45) is 11.3 Å². The van der Waals surface area contributed by atoms with Crippen molar-refractivity contribution in [1.82, 2.24) is 9.80 Å². The van der Waals surface area contributed by atoms with Gasteiger partial charge in [0.05, 0.1) is 17.9 Å². The Morgan fingerprint density at radius 1 is 1.00 bits per heavy atom. The van der Waals surface area contributed by atoms with Gasteiger partial charge >= 0.3 is 0 Å². The lowest BCUT2D eigenvalue weighted by Crippen LogP contribution is -2.48. The Morgan fingerprint density at radius 3 is 2.32 bits per heavy atom. The number of benzene rings is 1. The summed E-state index contributed by atoms with van der Waals surface area (Å²) in [5, 5.41) is 0.741. The zero-order chi connectivity index (χ0) is 26.4. The van der Waals surface area contributed by atoms with Gasteiger partial charge in [0.15, 0.2) is 0 Å². The normalized spacial score (nSPS) is 27.1. The minimum absolute atomic E-state index is 0.0279. The summed E-state index contributed by atoms with van der Waals surface area (Å²) in [5.41, 5.74) is 2.84. The summed E-state index contributed by atoms with van der Waals surface area (Å²) >= 11 is 6.19. The van der Waals surface area contributed by atoms with E-state index in [2.05, 4.69) is 67.5 Å². The molecule has 0 radical (unpaired) electrons. The summed E-state index contributed by atoms with van der Waals surface area (Å²) in [6.07, 6.45) is 9.57. The number of nitrogens with zero attached hydrogens (tertiary/aromatic N) is 3. The first-order chi connectivity index (χ1) is 17.5. The second-order valence-corrected chi connectivity index (χ2v) is 13.8. The van der Waals surface area contributed by atoms with E-state index in [-0.39, 0.29) is 17.4 Å². The first-order valence-corrected chi connectivity index (χ1v) is 14.5. The molecule has 0 bridgehead atoms. The van der Waals surface area contributed by atoms with Gasteiger partial charge in [-0.15, -0.1) is 0 Å². The number of carbonyl (C=O) groups excluding carboxylic acids is 1. The van der Waals surface area contributed by atoms with E-state index in [4.69, 9.17) is 16.0 Å². The number of amides is 1. The Balaban J connectivity index is 1.34. The molecule has 37 heavy (non-hydrogen) atoms. The van der Waals surface area contributed by atoms with Crippen LogP contribution in [0.3, 0.4) is 0 Å². The molecule has 5 nitrogen and oxygen atoms in total. The molecule has 3 heterocycles. The number of hydrogen-bond acceptors (Lipinski definition) is 4. The van der Waals surface area contributed by atoms with Crippen LogP contribution in [0, 0.1) is 11.3 Å². The van der Waals surface area contributed by atoms with Gasteiger partial charge in [0.25, 0.3) is 0 Å². The molecule has 1 aromatic heterocycles. The van der Waals surface area contributed by atoms with Crippen LogP contribution in [0.5, 0.6) is 0 Å². The van der Waals surface area contributed by atoms with Crippen molar-refractivity contribution >= 4 is 23.2 Å². The number of halogens is 1. The van der Waals surface area contributed by atoms with E-state index in [9.17, 15) is 4.79 Å². The lowest BCUT2D eigenvalue weighted by Gasteiger charge is -2.43. The summed E-state index contributed by atoms with van der Waals surface area (Å²) < 4.78 is 5.52. The lowest BCUT2D eigenvalue weighted by atomic mass is 9.75. The summed E-state index contributed by atoms with van der Waals surface area (Å²) in [5.74, 6) is 0.469. The number of carbonyl (C=O) groups is 1. The molecule has 0 N–H and O–H groups in total. The molecule has 1 amide bonds. The third-order valence-electron chi connectivity index (χ3n) is 9.26. The quantitative estimate of drug-likeness (QED) is 0.429. The summed E-state index contributed by atoms with van der Waals surface area (Å²) in [6, 6.07) is 11.1. The zero-order valence-corrected chi connectivity index (χ0v) is 24.0. The van der Waals surface area contributed by atoms with Crippen LogP contribution in [0.2, 0.25) is 5.02 Å². The fraction of sp³-hybridized carbons (Fsp3) is 0.645. The second kappa shape index (κ2) is 10.3. The number of likely N-dealkylation sites (tertiary alicyclic amines) is 2. The third-order valence-corrected chi connectivity index (χ3v) is 9.51. The third kappa shape index (κ3) is 5.73. The monoisotopic (exact) mass is 525 g/mol. The first-order valence-electron chi connectivity index (χ1n) is 14.1. The van der Waals surface area contributed by atoms with Crippen molar-refractivity contribution < 1.29 is 9.21 Å². The highest BCUT2D eigenvalue weighted by molar-refractivity contribution is 6.30. The van der Waals surface area contributed by atoms with E-state index in [0.717, 1.165) is 37.6 Å². The van der Waals surface area contributed by atoms with Crippen LogP contribution in [-0.4, -0.2) is 59.5 Å². The van der Waals surface area contributed by atoms with Crippen molar-refractivity contribution in [3.8, 4) is 0 Å². The maximum Gasteiger partial charge on any atom is 0.227 e. The first kappa shape index (κ1) is 26.6. The summed E-state index contributed by atoms with van der Waals surface area (Å²) in [6.45, 7) is 14.9. The molecular formula is C31H44ClN3O2. The molecule has 3 aliphatic rings. The molecule has 1 saturated carbocycles. The van der Waals surface area contributed by atoms with Crippen LogP contribution in [0.25, 0.3) is 0 Å². The fourth-order valence-electron chi connectivity index (χ4n) is 6.84. The van der Waals surface area contributed by atoms with Crippen molar-refractivity contribution in [2.75, 3.05) is 31.1 Å². The van der Waals surface area contributed by atoms with E-state index in [1.54, 1.807) is 6.26 Å². The molecule has 2 aliphatic heterocycles. The topological polar surface area (TPSA) is 39.9 Å². The molecule has 2 aromatic rings. The smallest absolute Gasteiger partial charge is 0.227 e. The molecule has 202 valence electrons. The average Bonchev–Trinajstić information content (AvgIpc) is 3.61. The lowest BCUT2D eigenvalue weighted by molar-refractivity contribution is -0.134. The van der Waals surface area contributed by atoms with Crippen LogP contribution < -0.4 is 4.90 Å². The highest BCUT2D eigenvalue weighted by Crippen LogP contribution is 2.41. The van der Waals surface area contributed by atoms with E-state index in [1.807, 2.05) is 18.4 Å². The van der Waals surface area contributed by atoms with Gasteiger partial charge in [-0.25, -0.2) is 0 Å². The summed E-state index contributed by atoms with van der Waals surface area (Å²) in [4.78, 5) is 21.4. The molecule has 3 fully saturated rings. The standard InChI is InChI=1S/C31H44ClN3O2/c1-30(2,3)34-19-27(22-6-8-23(32)9-7-22)28(20-34)29(36)33-16-12-25(18-33)35(26-13-17-37-21-26)24-10-14-31(4,5)15-11-24/h6-9,13,17,21,24-25,27-28H,10-12,14-16,18-20H2,1-5H3/t25-,27-,28+/m0/s1. The van der Waals surface area contributed by atoms with Gasteiger partial charge in [-0.1, -0.05) is 37.6 Å². The van der Waals surface area contributed by atoms with Crippen LogP contribution >= 0.6 is 11.6 Å². The van der Waals surface area contributed by atoms with Crippen LogP contribution in [-0.2, 0) is 4.79 Å². The predicted octanol–water partition coefficient (Wildman–Crippen LogP) is 6.82. The number of anilines is 1. The Labute approximate surface area is 228 Å². The van der Waals surface area contributed by atoms with E-state index in [0.29, 0.717) is 23.4 Å². The van der Waals surface area contributed by atoms with Crippen LogP contribution in [0.1, 0.15) is 78.2 Å². The van der Waals surface area contributed by atoms with Crippen molar-refractivity contribution in [3.63, 3.8) is 0 Å². The maximum atomic E-state index is 14.1. The highest BCUT2D eigenvalue weighted by atomic mass is 35.5. The fourth-order valence-corrected chi connectivity index (χ4v) is 6.97. The largest absolute Gasteiger partial charge is 0.470 e. The molecule has 3 atom stereocenters. The van der Waals surface area contributed by atoms with Gasteiger partial charge in [0.1, 0.15) is 6.26 Å². The van der Waals surface area contributed by atoms with E-state index >= 15 is 0 Å². The van der Waals surface area contributed by atoms with Gasteiger partial charge in [-0.3, -0.25) is 9.69 Å². The Bertz CT molecular complexity index is 1050. The molecule has 0 unspecified atom stereocenters. The Hall–Kier alpha value is -1.98. The number of furan rings is 1. The van der Waals surface area contributed by atoms with Gasteiger partial charge in [-0.2, -0.15) is 0 Å². The van der Waals surface area contributed by atoms with Crippen molar-refractivity contribution in [3.05, 3.63) is 53.4 Å². The SMILES string of the molecule is CC1(C)CCC(N(c2ccoc2)[C@H]2CCN(C(=O)[C@@H]3CN(C(C)(C)C)C[C@H]3c3ccc(Cl)cc3)C2)CC1. The molecular weight excluding hydrogens is 482 g/mol. The molecule has 6 heteroatoms.